The first kappa shape index (κ1) is 20.8. The normalized spacial score (nSPS) is 14.0. The Kier molecular flexibility index (Phi) is 8.54. The van der Waals surface area contributed by atoms with Gasteiger partial charge < -0.3 is 10.2 Å². The third-order valence-corrected chi connectivity index (χ3v) is 4.09. The van der Waals surface area contributed by atoms with Gasteiger partial charge in [0.05, 0.1) is 4.92 Å². The van der Waals surface area contributed by atoms with E-state index in [4.69, 9.17) is 0 Å². The van der Waals surface area contributed by atoms with Crippen LogP contribution in [0.5, 0.6) is 11.5 Å². The van der Waals surface area contributed by atoms with E-state index >= 15 is 0 Å². The van der Waals surface area contributed by atoms with Gasteiger partial charge in [-0.3, -0.25) is 19.8 Å². The van der Waals surface area contributed by atoms with Gasteiger partial charge in [-0.25, -0.2) is 0 Å². The molecule has 0 saturated carbocycles. The van der Waals surface area contributed by atoms with Gasteiger partial charge in [0.15, 0.2) is 11.5 Å². The van der Waals surface area contributed by atoms with Crippen molar-refractivity contribution in [3.8, 4) is 11.5 Å². The highest BCUT2D eigenvalue weighted by atomic mass is 35.5. The number of hydrogen-bond acceptors (Lipinski definition) is 7. The molecule has 0 radical (unpaired) electrons. The fourth-order valence-corrected chi connectivity index (χ4v) is 2.97. The van der Waals surface area contributed by atoms with E-state index in [2.05, 4.69) is 4.90 Å². The number of Topliss-reactive ketones (excluding diaryl/α,β-unsaturated/α-hetero) is 1. The SMILES string of the molecule is Cl.Cl.O=C(CCN1CCSC1)c1cc(O)c(O)c([N+](=O)[O-])c1. The summed E-state index contributed by atoms with van der Waals surface area (Å²) in [6.45, 7) is 1.51. The van der Waals surface area contributed by atoms with E-state index in [1.54, 1.807) is 11.8 Å². The van der Waals surface area contributed by atoms with Crippen molar-refractivity contribution in [2.45, 2.75) is 6.42 Å². The number of nitrogens with zero attached hydrogens (tertiary/aromatic N) is 2. The fraction of sp³-hybridized carbons (Fsp3) is 0.417. The molecule has 1 saturated heterocycles. The van der Waals surface area contributed by atoms with E-state index in [1.165, 1.54) is 0 Å². The molecular weight excluding hydrogens is 355 g/mol. The van der Waals surface area contributed by atoms with Crippen molar-refractivity contribution in [2.75, 3.05) is 24.7 Å². The highest BCUT2D eigenvalue weighted by Gasteiger charge is 2.22. The zero-order valence-electron chi connectivity index (χ0n) is 11.4. The topological polar surface area (TPSA) is 104 Å². The monoisotopic (exact) mass is 370 g/mol. The molecule has 1 fully saturated rings. The number of nitro groups is 1. The highest BCUT2D eigenvalue weighted by molar-refractivity contribution is 7.99. The molecule has 2 N–H and O–H groups in total. The maximum Gasteiger partial charge on any atom is 0.315 e. The Balaban J connectivity index is 0.00000220. The Labute approximate surface area is 143 Å². The smallest absolute Gasteiger partial charge is 0.315 e. The molecule has 1 aliphatic heterocycles. The molecule has 1 aromatic rings. The summed E-state index contributed by atoms with van der Waals surface area (Å²) in [6.07, 6.45) is 0.224. The summed E-state index contributed by atoms with van der Waals surface area (Å²) in [5, 5.41) is 29.5. The molecule has 0 aromatic heterocycles. The molecular formula is C12H16Cl2N2O5S. The second kappa shape index (κ2) is 9.04. The van der Waals surface area contributed by atoms with E-state index in [1.807, 2.05) is 0 Å². The third-order valence-electron chi connectivity index (χ3n) is 3.07. The van der Waals surface area contributed by atoms with Crippen LogP contribution in [0.25, 0.3) is 0 Å². The van der Waals surface area contributed by atoms with Crippen molar-refractivity contribution in [3.05, 3.63) is 27.8 Å². The van der Waals surface area contributed by atoms with E-state index in [-0.39, 0.29) is 42.6 Å². The number of phenols is 2. The number of carbonyl (C=O) groups excluding carboxylic acids is 1. The van der Waals surface area contributed by atoms with Gasteiger partial charge >= 0.3 is 5.69 Å². The van der Waals surface area contributed by atoms with Crippen molar-refractivity contribution in [1.82, 2.24) is 4.90 Å². The number of phenolic OH excluding ortho intramolecular Hbond substituents is 2. The van der Waals surface area contributed by atoms with Gasteiger partial charge in [0.25, 0.3) is 0 Å². The summed E-state index contributed by atoms with van der Waals surface area (Å²) >= 11 is 1.79. The average Bonchev–Trinajstić information content (AvgIpc) is 2.91. The number of hydrogen-bond donors (Lipinski definition) is 2. The quantitative estimate of drug-likeness (QED) is 0.355. The van der Waals surface area contributed by atoms with Gasteiger partial charge in [0.1, 0.15) is 0 Å². The van der Waals surface area contributed by atoms with Crippen molar-refractivity contribution < 1.29 is 19.9 Å². The van der Waals surface area contributed by atoms with Crippen molar-refractivity contribution in [2.24, 2.45) is 0 Å². The maximum atomic E-state index is 12.0. The van der Waals surface area contributed by atoms with Crippen LogP contribution in [0.1, 0.15) is 16.8 Å². The summed E-state index contributed by atoms with van der Waals surface area (Å²) in [6, 6.07) is 2.06. The second-order valence-corrected chi connectivity index (χ2v) is 5.52. The zero-order valence-corrected chi connectivity index (χ0v) is 13.9. The predicted molar refractivity (Wildman–Crippen MR) is 88.8 cm³/mol. The molecule has 0 spiro atoms. The molecule has 10 heteroatoms. The number of nitro benzene ring substituents is 1. The number of carbonyl (C=O) groups is 1. The Morgan fingerprint density at radius 2 is 2.05 bits per heavy atom. The number of aromatic hydroxyl groups is 2. The van der Waals surface area contributed by atoms with Crippen LogP contribution in [0.4, 0.5) is 5.69 Å². The lowest BCUT2D eigenvalue weighted by Crippen LogP contribution is -2.22. The first-order valence-electron chi connectivity index (χ1n) is 6.02. The number of rotatable bonds is 5. The van der Waals surface area contributed by atoms with Crippen LogP contribution in [-0.2, 0) is 0 Å². The summed E-state index contributed by atoms with van der Waals surface area (Å²) in [7, 11) is 0. The van der Waals surface area contributed by atoms with Crippen LogP contribution in [-0.4, -0.2) is 50.5 Å². The first-order valence-corrected chi connectivity index (χ1v) is 7.18. The van der Waals surface area contributed by atoms with Crippen LogP contribution in [0.15, 0.2) is 12.1 Å². The first-order chi connectivity index (χ1) is 9.49. The number of halogens is 2. The number of benzene rings is 1. The Morgan fingerprint density at radius 3 is 2.59 bits per heavy atom. The van der Waals surface area contributed by atoms with Gasteiger partial charge in [-0.15, -0.1) is 36.6 Å². The minimum absolute atomic E-state index is 0. The summed E-state index contributed by atoms with van der Waals surface area (Å²) < 4.78 is 0. The molecule has 124 valence electrons. The van der Waals surface area contributed by atoms with Gasteiger partial charge in [0.2, 0.25) is 5.75 Å². The van der Waals surface area contributed by atoms with Crippen LogP contribution < -0.4 is 0 Å². The fourth-order valence-electron chi connectivity index (χ4n) is 1.94. The minimum atomic E-state index is -0.830. The standard InChI is InChI=1S/C12H14N2O5S.2ClH/c15-10(1-2-13-3-4-20-7-13)8-5-9(14(18)19)12(17)11(16)6-8;;/h5-6,16-17H,1-4,7H2;2*1H. The summed E-state index contributed by atoms with van der Waals surface area (Å²) in [5.74, 6) is 0.163. The van der Waals surface area contributed by atoms with Crippen LogP contribution in [0.2, 0.25) is 0 Å². The lowest BCUT2D eigenvalue weighted by Gasteiger charge is -2.12. The zero-order chi connectivity index (χ0) is 14.7. The molecule has 1 aromatic carbocycles. The molecule has 0 bridgehead atoms. The van der Waals surface area contributed by atoms with E-state index in [0.29, 0.717) is 6.54 Å². The van der Waals surface area contributed by atoms with Gasteiger partial charge in [-0.05, 0) is 6.07 Å². The molecule has 0 amide bonds. The Hall–Kier alpha value is -1.22. The lowest BCUT2D eigenvalue weighted by atomic mass is 10.1. The highest BCUT2D eigenvalue weighted by Crippen LogP contribution is 2.36. The van der Waals surface area contributed by atoms with Crippen LogP contribution in [0, 0.1) is 10.1 Å². The van der Waals surface area contributed by atoms with Crippen molar-refractivity contribution in [3.63, 3.8) is 0 Å². The van der Waals surface area contributed by atoms with Gasteiger partial charge in [-0.1, -0.05) is 0 Å². The van der Waals surface area contributed by atoms with Crippen LogP contribution >= 0.6 is 36.6 Å². The molecule has 0 atom stereocenters. The van der Waals surface area contributed by atoms with E-state index in [9.17, 15) is 25.1 Å². The second-order valence-electron chi connectivity index (χ2n) is 4.45. The van der Waals surface area contributed by atoms with Gasteiger partial charge in [0, 0.05) is 42.8 Å². The number of ketones is 1. The van der Waals surface area contributed by atoms with E-state index < -0.39 is 22.1 Å². The minimum Gasteiger partial charge on any atom is -0.504 e. The van der Waals surface area contributed by atoms with Crippen molar-refractivity contribution >= 4 is 48.0 Å². The molecule has 0 unspecified atom stereocenters. The largest absolute Gasteiger partial charge is 0.504 e. The molecule has 0 aliphatic carbocycles. The number of thioether (sulfide) groups is 1. The average molecular weight is 371 g/mol. The third kappa shape index (κ3) is 4.91. The summed E-state index contributed by atoms with van der Waals surface area (Å²) in [4.78, 5) is 24.0. The lowest BCUT2D eigenvalue weighted by molar-refractivity contribution is -0.386. The Bertz CT molecular complexity index is 553. The molecule has 2 rings (SSSR count). The molecule has 1 heterocycles. The van der Waals surface area contributed by atoms with Gasteiger partial charge in [-0.2, -0.15) is 0 Å². The maximum absolute atomic E-state index is 12.0. The molecule has 7 nitrogen and oxygen atoms in total. The van der Waals surface area contributed by atoms with E-state index in [0.717, 1.165) is 30.3 Å². The van der Waals surface area contributed by atoms with Crippen molar-refractivity contribution in [1.29, 1.82) is 0 Å². The molecule has 1 aliphatic rings. The van der Waals surface area contributed by atoms with Crippen LogP contribution in [0.3, 0.4) is 0 Å². The Morgan fingerprint density at radius 1 is 1.36 bits per heavy atom. The predicted octanol–water partition coefficient (Wildman–Crippen LogP) is 2.43. The summed E-state index contributed by atoms with van der Waals surface area (Å²) in [5.41, 5.74) is -0.621. The molecule has 22 heavy (non-hydrogen) atoms.